The first kappa shape index (κ1) is 43.4. The summed E-state index contributed by atoms with van der Waals surface area (Å²) in [5.41, 5.74) is -0.140. The van der Waals surface area contributed by atoms with Crippen molar-refractivity contribution in [1.29, 1.82) is 0 Å². The van der Waals surface area contributed by atoms with E-state index in [1.807, 2.05) is 6.92 Å². The summed E-state index contributed by atoms with van der Waals surface area (Å²) in [4.78, 5) is 60.6. The lowest BCUT2D eigenvalue weighted by molar-refractivity contribution is -0.153. The van der Waals surface area contributed by atoms with E-state index in [0.717, 1.165) is 11.6 Å². The quantitative estimate of drug-likeness (QED) is 0.0646. The summed E-state index contributed by atoms with van der Waals surface area (Å²) in [7, 11) is -4.41. The lowest BCUT2D eigenvalue weighted by Crippen LogP contribution is -2.47. The fourth-order valence-corrected chi connectivity index (χ4v) is 8.33. The smallest absolute Gasteiger partial charge is 0.419 e. The molecule has 1 aliphatic heterocycles. The third kappa shape index (κ3) is 10.7. The number of para-hydroxylation sites is 1. The Morgan fingerprint density at radius 3 is 2.18 bits per heavy atom. The summed E-state index contributed by atoms with van der Waals surface area (Å²) in [5, 5.41) is 4.76. The standard InChI is InChI=1S/C40H55N3O10SSi/c1-26-16-18-27(19-17-26)54(48,49)42-21-20-29(31(25-42)41-53-37(46)39(2,3)4)34(36(45)50-8)35-30(24-33(44)51-22-23-55(9,10)11)28-14-12-13-15-32(28)43(35)38(47)52-40(5,6)7/h12-19,29,34H,20-25H2,1-11H3/b41-31+. The van der Waals surface area contributed by atoms with Gasteiger partial charge < -0.3 is 19.0 Å². The van der Waals surface area contributed by atoms with Crippen LogP contribution in [0.4, 0.5) is 4.79 Å². The van der Waals surface area contributed by atoms with Gasteiger partial charge in [-0.2, -0.15) is 4.31 Å². The van der Waals surface area contributed by atoms with Crippen molar-refractivity contribution >= 4 is 58.7 Å². The Morgan fingerprint density at radius 2 is 1.60 bits per heavy atom. The molecule has 0 saturated carbocycles. The number of aryl methyl sites for hydroxylation is 1. The molecule has 2 atom stereocenters. The molecule has 2 heterocycles. The first-order valence-corrected chi connectivity index (χ1v) is 23.5. The van der Waals surface area contributed by atoms with Crippen LogP contribution in [0.5, 0.6) is 0 Å². The molecule has 0 spiro atoms. The molecule has 0 amide bonds. The number of hydrogen-bond acceptors (Lipinski definition) is 11. The number of piperidine rings is 1. The number of oxime groups is 1. The number of carbonyl (C=O) groups excluding carboxylic acids is 4. The first-order valence-electron chi connectivity index (χ1n) is 18.4. The maximum Gasteiger partial charge on any atom is 0.419 e. The SMILES string of the molecule is COC(=O)C(c1c(CC(=O)OCC[Si](C)(C)C)c2ccccc2n1C(=O)OC(C)(C)C)C1CCN(S(=O)(=O)c2ccc(C)cc2)C/C1=N\OC(=O)C(C)(C)C. The van der Waals surface area contributed by atoms with Crippen molar-refractivity contribution in [1.82, 2.24) is 8.87 Å². The molecule has 1 aliphatic rings. The minimum absolute atomic E-state index is 0.00665. The fraction of sp³-hybridized carbons (Fsp3) is 0.525. The summed E-state index contributed by atoms with van der Waals surface area (Å²) in [6, 6.07) is 14.1. The zero-order valence-corrected chi connectivity index (χ0v) is 35.7. The molecule has 2 unspecified atom stereocenters. The van der Waals surface area contributed by atoms with Gasteiger partial charge in [-0.3, -0.25) is 9.59 Å². The molecular formula is C40H55N3O10SSi. The van der Waals surface area contributed by atoms with Crippen LogP contribution >= 0.6 is 0 Å². The van der Waals surface area contributed by atoms with Crippen LogP contribution in [-0.2, 0) is 49.9 Å². The van der Waals surface area contributed by atoms with Gasteiger partial charge in [0.2, 0.25) is 10.0 Å². The number of benzene rings is 2. The second kappa shape index (κ2) is 16.8. The minimum Gasteiger partial charge on any atom is -0.468 e. The lowest BCUT2D eigenvalue weighted by atomic mass is 9.79. The molecule has 13 nitrogen and oxygen atoms in total. The van der Waals surface area contributed by atoms with Crippen molar-refractivity contribution in [3.8, 4) is 0 Å². The second-order valence-electron chi connectivity index (χ2n) is 17.2. The van der Waals surface area contributed by atoms with E-state index in [1.165, 1.54) is 28.1 Å². The Labute approximate surface area is 325 Å². The Bertz CT molecular complexity index is 2050. The fourth-order valence-electron chi connectivity index (χ4n) is 6.19. The average molecular weight is 798 g/mol. The molecule has 0 N–H and O–H groups in total. The number of hydrogen-bond donors (Lipinski definition) is 0. The Balaban J connectivity index is 1.95. The Morgan fingerprint density at radius 1 is 0.964 bits per heavy atom. The third-order valence-corrected chi connectivity index (χ3v) is 12.7. The highest BCUT2D eigenvalue weighted by Crippen LogP contribution is 2.41. The van der Waals surface area contributed by atoms with E-state index < -0.39 is 65.0 Å². The highest BCUT2D eigenvalue weighted by molar-refractivity contribution is 7.89. The van der Waals surface area contributed by atoms with E-state index in [4.69, 9.17) is 19.0 Å². The van der Waals surface area contributed by atoms with Crippen molar-refractivity contribution < 1.29 is 46.6 Å². The van der Waals surface area contributed by atoms with Crippen LogP contribution in [0.2, 0.25) is 25.7 Å². The van der Waals surface area contributed by atoms with Gasteiger partial charge in [0.25, 0.3) is 0 Å². The predicted octanol–water partition coefficient (Wildman–Crippen LogP) is 7.07. The molecule has 0 radical (unpaired) electrons. The number of nitrogens with zero attached hydrogens (tertiary/aromatic N) is 3. The van der Waals surface area contributed by atoms with Gasteiger partial charge in [-0.25, -0.2) is 22.6 Å². The zero-order chi connectivity index (χ0) is 41.1. The predicted molar refractivity (Wildman–Crippen MR) is 212 cm³/mol. The van der Waals surface area contributed by atoms with Crippen molar-refractivity contribution in [2.75, 3.05) is 26.8 Å². The summed E-state index contributed by atoms with van der Waals surface area (Å²) >= 11 is 0. The third-order valence-electron chi connectivity index (χ3n) is 9.16. The van der Waals surface area contributed by atoms with E-state index in [1.54, 1.807) is 77.9 Å². The van der Waals surface area contributed by atoms with Crippen LogP contribution < -0.4 is 0 Å². The van der Waals surface area contributed by atoms with E-state index in [-0.39, 0.29) is 48.8 Å². The number of rotatable bonds is 11. The molecule has 4 rings (SSSR count). The summed E-state index contributed by atoms with van der Waals surface area (Å²) < 4.78 is 47.4. The number of esters is 2. The van der Waals surface area contributed by atoms with Crippen molar-refractivity contribution in [3.05, 3.63) is 65.4 Å². The van der Waals surface area contributed by atoms with Gasteiger partial charge in [0.15, 0.2) is 0 Å². The molecule has 1 saturated heterocycles. The van der Waals surface area contributed by atoms with Gasteiger partial charge in [0.1, 0.15) is 11.5 Å². The highest BCUT2D eigenvalue weighted by atomic mass is 32.2. The summed E-state index contributed by atoms with van der Waals surface area (Å²) in [6.07, 6.45) is -1.09. The number of methoxy groups -OCH3 is 1. The van der Waals surface area contributed by atoms with Crippen LogP contribution in [0.1, 0.15) is 70.7 Å². The van der Waals surface area contributed by atoms with Crippen molar-refractivity contribution in [3.63, 3.8) is 0 Å². The van der Waals surface area contributed by atoms with Gasteiger partial charge in [-0.1, -0.05) is 60.7 Å². The molecule has 2 aromatic carbocycles. The number of sulfonamides is 1. The van der Waals surface area contributed by atoms with E-state index in [0.29, 0.717) is 16.5 Å². The maximum atomic E-state index is 14.2. The molecule has 0 aliphatic carbocycles. The first-order chi connectivity index (χ1) is 25.4. The Hall–Kier alpha value is -4.34. The van der Waals surface area contributed by atoms with E-state index in [9.17, 15) is 27.6 Å². The van der Waals surface area contributed by atoms with Crippen LogP contribution in [0.25, 0.3) is 10.9 Å². The van der Waals surface area contributed by atoms with Crippen molar-refractivity contribution in [2.24, 2.45) is 16.5 Å². The number of ether oxygens (including phenoxy) is 3. The van der Waals surface area contributed by atoms with Gasteiger partial charge in [0, 0.05) is 31.6 Å². The van der Waals surface area contributed by atoms with E-state index >= 15 is 0 Å². The molecule has 3 aromatic rings. The normalized spacial score (nSPS) is 17.1. The molecule has 0 bridgehead atoms. The molecular weight excluding hydrogens is 743 g/mol. The average Bonchev–Trinajstić information content (AvgIpc) is 3.39. The van der Waals surface area contributed by atoms with Crippen LogP contribution in [0, 0.1) is 18.3 Å². The molecule has 15 heteroatoms. The number of carbonyl (C=O) groups is 4. The van der Waals surface area contributed by atoms with Gasteiger partial charge in [-0.05, 0) is 84.7 Å². The van der Waals surface area contributed by atoms with Crippen LogP contribution in [0.3, 0.4) is 0 Å². The van der Waals surface area contributed by atoms with E-state index in [2.05, 4.69) is 24.8 Å². The molecule has 1 aromatic heterocycles. The summed E-state index contributed by atoms with van der Waals surface area (Å²) in [6.45, 7) is 18.3. The summed E-state index contributed by atoms with van der Waals surface area (Å²) in [5.74, 6) is -4.32. The highest BCUT2D eigenvalue weighted by Gasteiger charge is 2.45. The molecule has 1 fully saturated rings. The van der Waals surface area contributed by atoms with Gasteiger partial charge >= 0.3 is 24.0 Å². The van der Waals surface area contributed by atoms with Gasteiger partial charge in [-0.15, -0.1) is 0 Å². The topological polar surface area (TPSA) is 160 Å². The van der Waals surface area contributed by atoms with Crippen LogP contribution in [-0.4, -0.2) is 87.5 Å². The maximum absolute atomic E-state index is 14.2. The largest absolute Gasteiger partial charge is 0.468 e. The second-order valence-corrected chi connectivity index (χ2v) is 24.7. The zero-order valence-electron chi connectivity index (χ0n) is 33.8. The molecule has 55 heavy (non-hydrogen) atoms. The minimum atomic E-state index is -4.07. The van der Waals surface area contributed by atoms with Gasteiger partial charge in [0.05, 0.1) is 48.2 Å². The monoisotopic (exact) mass is 797 g/mol. The molecule has 300 valence electrons. The van der Waals surface area contributed by atoms with Crippen LogP contribution in [0.15, 0.2) is 58.6 Å². The Kier molecular flexibility index (Phi) is 13.3. The number of aromatic nitrogens is 1. The van der Waals surface area contributed by atoms with Crippen molar-refractivity contribution in [2.45, 2.75) is 103 Å². The lowest BCUT2D eigenvalue weighted by Gasteiger charge is -2.36. The number of fused-ring (bicyclic) bond motifs is 1.